The molecule has 3 aliphatic rings. The SMILES string of the molecule is C=CC1=C(/C=C\C)N2c3cc(-c4c(C)cc(NC#N)cc4C)cc(N4CN(C)c5ccccc54)c3CCC2N1C. The van der Waals surface area contributed by atoms with Gasteiger partial charge in [-0.15, -0.1) is 0 Å². The van der Waals surface area contributed by atoms with E-state index in [1.807, 2.05) is 6.08 Å². The maximum absolute atomic E-state index is 9.20. The average molecular weight is 529 g/mol. The van der Waals surface area contributed by atoms with Gasteiger partial charge in [0.2, 0.25) is 0 Å². The molecule has 0 amide bonds. The van der Waals surface area contributed by atoms with Gasteiger partial charge in [-0.25, -0.2) is 0 Å². The number of para-hydroxylation sites is 2. The summed E-state index contributed by atoms with van der Waals surface area (Å²) >= 11 is 0. The van der Waals surface area contributed by atoms with Crippen LogP contribution in [0.1, 0.15) is 30.0 Å². The van der Waals surface area contributed by atoms with Crippen LogP contribution in [0, 0.1) is 25.3 Å². The molecule has 0 spiro atoms. The number of hydrogen-bond acceptors (Lipinski definition) is 6. The fourth-order valence-corrected chi connectivity index (χ4v) is 6.90. The third kappa shape index (κ3) is 3.84. The van der Waals surface area contributed by atoms with Crippen LogP contribution < -0.4 is 20.0 Å². The van der Waals surface area contributed by atoms with E-state index in [-0.39, 0.29) is 6.17 Å². The highest BCUT2D eigenvalue weighted by Crippen LogP contribution is 2.50. The highest BCUT2D eigenvalue weighted by atomic mass is 15.4. The second-order valence-electron chi connectivity index (χ2n) is 10.9. The number of fused-ring (bicyclic) bond motifs is 4. The predicted molar refractivity (Wildman–Crippen MR) is 167 cm³/mol. The largest absolute Gasteiger partial charge is 0.355 e. The molecule has 0 saturated heterocycles. The van der Waals surface area contributed by atoms with Crippen molar-refractivity contribution < 1.29 is 0 Å². The van der Waals surface area contributed by atoms with Crippen molar-refractivity contribution >= 4 is 28.4 Å². The fourth-order valence-electron chi connectivity index (χ4n) is 6.90. The number of nitriles is 1. The standard InChI is InChI=1S/C34H36N6/c1-7-11-30-27(8-2)38(6)33-15-14-26-31(39-21-37(5)28-12-9-10-13-29(28)39)18-24(19-32(26)40(30)33)34-22(3)16-25(36-20-35)17-23(34)4/h7-13,16-19,33,36H,2,14-15,21H2,1,3-6H3/b11-7-. The predicted octanol–water partition coefficient (Wildman–Crippen LogP) is 7.41. The Hall–Kier alpha value is -4.63. The molecular formula is C34H36N6. The minimum atomic E-state index is 0.243. The lowest BCUT2D eigenvalue weighted by Crippen LogP contribution is -2.42. The molecule has 1 atom stereocenters. The third-order valence-electron chi connectivity index (χ3n) is 8.53. The first-order valence-electron chi connectivity index (χ1n) is 13.9. The zero-order valence-electron chi connectivity index (χ0n) is 24.0. The van der Waals surface area contributed by atoms with Crippen molar-refractivity contribution in [2.24, 2.45) is 0 Å². The summed E-state index contributed by atoms with van der Waals surface area (Å²) in [7, 11) is 4.35. The quantitative estimate of drug-likeness (QED) is 0.275. The van der Waals surface area contributed by atoms with E-state index in [1.165, 1.54) is 45.1 Å². The number of aryl methyl sites for hydroxylation is 2. The first-order valence-corrected chi connectivity index (χ1v) is 13.9. The van der Waals surface area contributed by atoms with Gasteiger partial charge in [0.15, 0.2) is 6.19 Å². The maximum atomic E-state index is 9.20. The molecule has 0 aliphatic carbocycles. The molecule has 3 heterocycles. The van der Waals surface area contributed by atoms with Gasteiger partial charge in [-0.2, -0.15) is 5.26 Å². The van der Waals surface area contributed by atoms with Crippen LogP contribution in [0.3, 0.4) is 0 Å². The van der Waals surface area contributed by atoms with E-state index in [9.17, 15) is 5.26 Å². The van der Waals surface area contributed by atoms with E-state index in [2.05, 4.69) is 133 Å². The van der Waals surface area contributed by atoms with Gasteiger partial charge in [-0.3, -0.25) is 5.32 Å². The van der Waals surface area contributed by atoms with Crippen LogP contribution >= 0.6 is 0 Å². The van der Waals surface area contributed by atoms with Crippen LogP contribution in [0.25, 0.3) is 11.1 Å². The molecule has 6 nitrogen and oxygen atoms in total. The average Bonchev–Trinajstić information content (AvgIpc) is 3.42. The highest BCUT2D eigenvalue weighted by Gasteiger charge is 2.40. The van der Waals surface area contributed by atoms with Crippen molar-refractivity contribution in [2.75, 3.05) is 40.8 Å². The summed E-state index contributed by atoms with van der Waals surface area (Å²) in [6.07, 6.45) is 10.7. The number of likely N-dealkylation sites (N-methyl/N-ethyl adjacent to an activating group) is 1. The fraction of sp³-hybridized carbons (Fsp3) is 0.265. The molecule has 1 N–H and O–H groups in total. The number of allylic oxidation sites excluding steroid dienone is 3. The summed E-state index contributed by atoms with van der Waals surface area (Å²) in [6, 6.07) is 17.6. The molecule has 6 rings (SSSR count). The van der Waals surface area contributed by atoms with Gasteiger partial charge < -0.3 is 19.6 Å². The molecule has 0 radical (unpaired) electrons. The van der Waals surface area contributed by atoms with Gasteiger partial charge in [0, 0.05) is 31.2 Å². The Balaban J connectivity index is 1.62. The minimum Gasteiger partial charge on any atom is -0.355 e. The Bertz CT molecular complexity index is 1600. The van der Waals surface area contributed by atoms with E-state index in [0.717, 1.165) is 42.0 Å². The molecule has 6 heteroatoms. The highest BCUT2D eigenvalue weighted by molar-refractivity contribution is 5.90. The number of nitrogens with one attached hydrogen (secondary N) is 1. The second kappa shape index (κ2) is 9.84. The molecular weight excluding hydrogens is 492 g/mol. The van der Waals surface area contributed by atoms with Crippen LogP contribution in [-0.4, -0.2) is 31.8 Å². The number of benzene rings is 3. The van der Waals surface area contributed by atoms with Gasteiger partial charge in [0.05, 0.1) is 29.4 Å². The molecule has 3 aliphatic heterocycles. The van der Waals surface area contributed by atoms with E-state index in [0.29, 0.717) is 0 Å². The van der Waals surface area contributed by atoms with Crippen LogP contribution in [-0.2, 0) is 6.42 Å². The maximum Gasteiger partial charge on any atom is 0.181 e. The van der Waals surface area contributed by atoms with Gasteiger partial charge in [-0.05, 0) is 110 Å². The van der Waals surface area contributed by atoms with Crippen LogP contribution in [0.15, 0.2) is 84.7 Å². The zero-order valence-corrected chi connectivity index (χ0v) is 24.0. The van der Waals surface area contributed by atoms with Crippen LogP contribution in [0.2, 0.25) is 0 Å². The Labute approximate surface area is 237 Å². The van der Waals surface area contributed by atoms with Gasteiger partial charge >= 0.3 is 0 Å². The smallest absolute Gasteiger partial charge is 0.181 e. The van der Waals surface area contributed by atoms with Gasteiger partial charge in [-0.1, -0.05) is 24.8 Å². The monoisotopic (exact) mass is 528 g/mol. The molecule has 0 saturated carbocycles. The summed E-state index contributed by atoms with van der Waals surface area (Å²) in [4.78, 5) is 9.69. The van der Waals surface area contributed by atoms with Gasteiger partial charge in [0.25, 0.3) is 0 Å². The van der Waals surface area contributed by atoms with Crippen LogP contribution in [0.5, 0.6) is 0 Å². The third-order valence-corrected chi connectivity index (χ3v) is 8.53. The number of nitrogens with zero attached hydrogens (tertiary/aromatic N) is 5. The first kappa shape index (κ1) is 25.6. The Morgan fingerprint density at radius 1 is 0.975 bits per heavy atom. The molecule has 3 aromatic carbocycles. The number of rotatable bonds is 5. The summed E-state index contributed by atoms with van der Waals surface area (Å²) < 4.78 is 0. The second-order valence-corrected chi connectivity index (χ2v) is 10.9. The van der Waals surface area contributed by atoms with E-state index >= 15 is 0 Å². The van der Waals surface area contributed by atoms with Crippen molar-refractivity contribution in [3.63, 3.8) is 0 Å². The lowest BCUT2D eigenvalue weighted by molar-refractivity contribution is 0.318. The molecule has 202 valence electrons. The molecule has 0 fully saturated rings. The lowest BCUT2D eigenvalue weighted by atomic mass is 9.89. The van der Waals surface area contributed by atoms with E-state index in [4.69, 9.17) is 0 Å². The number of hydrogen-bond donors (Lipinski definition) is 1. The van der Waals surface area contributed by atoms with Crippen LogP contribution in [0.4, 0.5) is 28.4 Å². The normalized spacial score (nSPS) is 17.8. The molecule has 0 bridgehead atoms. The lowest BCUT2D eigenvalue weighted by Gasteiger charge is -2.40. The van der Waals surface area contributed by atoms with Crippen molar-refractivity contribution in [3.05, 3.63) is 101 Å². The Kier molecular flexibility index (Phi) is 6.31. The van der Waals surface area contributed by atoms with Gasteiger partial charge in [0.1, 0.15) is 6.17 Å². The van der Waals surface area contributed by atoms with Crippen molar-refractivity contribution in [2.45, 2.75) is 39.8 Å². The molecule has 3 aromatic rings. The van der Waals surface area contributed by atoms with E-state index in [1.54, 1.807) is 0 Å². The summed E-state index contributed by atoms with van der Waals surface area (Å²) in [5, 5.41) is 12.0. The summed E-state index contributed by atoms with van der Waals surface area (Å²) in [6.45, 7) is 11.3. The topological polar surface area (TPSA) is 48.8 Å². The number of anilines is 5. The Morgan fingerprint density at radius 2 is 1.68 bits per heavy atom. The molecule has 40 heavy (non-hydrogen) atoms. The molecule has 1 unspecified atom stereocenters. The summed E-state index contributed by atoms with van der Waals surface area (Å²) in [5.74, 6) is 0. The van der Waals surface area contributed by atoms with E-state index < -0.39 is 0 Å². The van der Waals surface area contributed by atoms with Crippen molar-refractivity contribution in [1.82, 2.24) is 4.90 Å². The minimum absolute atomic E-state index is 0.243. The van der Waals surface area contributed by atoms with Crippen molar-refractivity contribution in [1.29, 1.82) is 5.26 Å². The first-order chi connectivity index (χ1) is 19.4. The summed E-state index contributed by atoms with van der Waals surface area (Å²) in [5.41, 5.74) is 14.2. The molecule has 0 aromatic heterocycles. The Morgan fingerprint density at radius 3 is 2.35 bits per heavy atom. The van der Waals surface area contributed by atoms with Crippen molar-refractivity contribution in [3.8, 4) is 17.3 Å². The zero-order chi connectivity index (χ0) is 28.1.